The van der Waals surface area contributed by atoms with Crippen LogP contribution in [-0.2, 0) is 19.0 Å². The average Bonchev–Trinajstić information content (AvgIpc) is 3.33. The number of aromatic amines is 1. The van der Waals surface area contributed by atoms with Gasteiger partial charge in [0.05, 0.1) is 31.5 Å². The Morgan fingerprint density at radius 2 is 2.00 bits per heavy atom. The van der Waals surface area contributed by atoms with Gasteiger partial charge in [-0.25, -0.2) is 9.18 Å². The van der Waals surface area contributed by atoms with Crippen LogP contribution in [-0.4, -0.2) is 66.5 Å². The van der Waals surface area contributed by atoms with Crippen molar-refractivity contribution in [3.05, 3.63) is 29.7 Å². The Morgan fingerprint density at radius 3 is 2.67 bits per heavy atom. The van der Waals surface area contributed by atoms with Crippen molar-refractivity contribution in [3.63, 3.8) is 0 Å². The minimum Gasteiger partial charge on any atom is -0.461 e. The van der Waals surface area contributed by atoms with E-state index in [0.29, 0.717) is 50.0 Å². The normalized spacial score (nSPS) is 19.8. The Labute approximate surface area is 173 Å². The van der Waals surface area contributed by atoms with Crippen molar-refractivity contribution in [1.82, 2.24) is 9.88 Å². The molecule has 2 saturated heterocycles. The molecule has 0 radical (unpaired) electrons. The first-order valence-corrected chi connectivity index (χ1v) is 10.2. The highest BCUT2D eigenvalue weighted by atomic mass is 19.1. The number of halogens is 1. The van der Waals surface area contributed by atoms with E-state index in [1.54, 1.807) is 6.92 Å². The summed E-state index contributed by atoms with van der Waals surface area (Å²) in [5, 5.41) is 3.24. The van der Waals surface area contributed by atoms with Gasteiger partial charge in [0.2, 0.25) is 5.91 Å². The second kappa shape index (κ2) is 8.33. The van der Waals surface area contributed by atoms with Gasteiger partial charge in [-0.1, -0.05) is 0 Å². The molecule has 8 nitrogen and oxygen atoms in total. The van der Waals surface area contributed by atoms with Crippen molar-refractivity contribution in [2.45, 2.75) is 38.5 Å². The molecule has 1 aromatic carbocycles. The SMILES string of the molecule is CCOC(=O)c1[nH]c2ccc(F)cc2c1NC(=O)C(C)N1CCC2(CC1)OCCO2. The van der Waals surface area contributed by atoms with Crippen molar-refractivity contribution in [3.8, 4) is 0 Å². The second-order valence-electron chi connectivity index (χ2n) is 7.59. The van der Waals surface area contributed by atoms with Gasteiger partial charge in [0.25, 0.3) is 0 Å². The van der Waals surface area contributed by atoms with E-state index >= 15 is 0 Å². The van der Waals surface area contributed by atoms with Gasteiger partial charge in [-0.2, -0.15) is 0 Å². The van der Waals surface area contributed by atoms with Crippen LogP contribution in [0.15, 0.2) is 18.2 Å². The number of esters is 1. The number of piperidine rings is 1. The highest BCUT2D eigenvalue weighted by Gasteiger charge is 2.41. The van der Waals surface area contributed by atoms with Crippen LogP contribution in [0, 0.1) is 5.82 Å². The maximum absolute atomic E-state index is 13.8. The standard InChI is InChI=1S/C21H26FN3O5/c1-3-28-20(27)18-17(15-12-14(22)4-5-16(15)23-18)24-19(26)13(2)25-8-6-21(7-9-25)29-10-11-30-21/h4-5,12-13,23H,3,6-11H2,1-2H3,(H,24,26). The van der Waals surface area contributed by atoms with Crippen LogP contribution in [0.25, 0.3) is 10.9 Å². The third-order valence-electron chi connectivity index (χ3n) is 5.79. The van der Waals surface area contributed by atoms with Crippen LogP contribution in [0.3, 0.4) is 0 Å². The monoisotopic (exact) mass is 419 g/mol. The van der Waals surface area contributed by atoms with E-state index in [-0.39, 0.29) is 23.9 Å². The van der Waals surface area contributed by atoms with Crippen LogP contribution in [0.2, 0.25) is 0 Å². The number of benzene rings is 1. The van der Waals surface area contributed by atoms with Gasteiger partial charge in [-0.05, 0) is 32.0 Å². The summed E-state index contributed by atoms with van der Waals surface area (Å²) >= 11 is 0. The van der Waals surface area contributed by atoms with Crippen LogP contribution in [0.5, 0.6) is 0 Å². The zero-order chi connectivity index (χ0) is 21.3. The smallest absolute Gasteiger partial charge is 0.356 e. The fraction of sp³-hybridized carbons (Fsp3) is 0.524. The Kier molecular flexibility index (Phi) is 5.77. The Hall–Kier alpha value is -2.49. The lowest BCUT2D eigenvalue weighted by Gasteiger charge is -2.39. The van der Waals surface area contributed by atoms with E-state index in [9.17, 15) is 14.0 Å². The zero-order valence-electron chi connectivity index (χ0n) is 17.1. The van der Waals surface area contributed by atoms with Gasteiger partial charge in [0.15, 0.2) is 5.79 Å². The van der Waals surface area contributed by atoms with Crippen molar-refractivity contribution in [1.29, 1.82) is 0 Å². The number of nitrogens with zero attached hydrogens (tertiary/aromatic N) is 1. The summed E-state index contributed by atoms with van der Waals surface area (Å²) in [4.78, 5) is 30.4. The van der Waals surface area contributed by atoms with Gasteiger partial charge >= 0.3 is 5.97 Å². The number of hydrogen-bond donors (Lipinski definition) is 2. The molecule has 2 aliphatic rings. The molecule has 1 amide bonds. The van der Waals surface area contributed by atoms with Crippen LogP contribution >= 0.6 is 0 Å². The summed E-state index contributed by atoms with van der Waals surface area (Å²) in [6, 6.07) is 3.66. The predicted octanol–water partition coefficient (Wildman–Crippen LogP) is 2.65. The number of hydrogen-bond acceptors (Lipinski definition) is 6. The summed E-state index contributed by atoms with van der Waals surface area (Å²) in [7, 11) is 0. The molecule has 1 aromatic heterocycles. The number of H-pyrrole nitrogens is 1. The molecule has 2 aliphatic heterocycles. The van der Waals surface area contributed by atoms with Crippen LogP contribution in [0.1, 0.15) is 37.2 Å². The molecule has 2 N–H and O–H groups in total. The van der Waals surface area contributed by atoms with Crippen molar-refractivity contribution >= 4 is 28.5 Å². The number of amides is 1. The average molecular weight is 419 g/mol. The minimum atomic E-state index is -0.604. The Balaban J connectivity index is 1.52. The maximum atomic E-state index is 13.8. The molecule has 162 valence electrons. The minimum absolute atomic E-state index is 0.100. The van der Waals surface area contributed by atoms with E-state index in [1.807, 2.05) is 11.8 Å². The number of anilines is 1. The van der Waals surface area contributed by atoms with E-state index in [2.05, 4.69) is 10.3 Å². The Morgan fingerprint density at radius 1 is 1.30 bits per heavy atom. The first-order chi connectivity index (χ1) is 14.4. The van der Waals surface area contributed by atoms with E-state index in [1.165, 1.54) is 18.2 Å². The number of rotatable bonds is 5. The molecule has 0 saturated carbocycles. The molecule has 30 heavy (non-hydrogen) atoms. The zero-order valence-corrected chi connectivity index (χ0v) is 17.1. The van der Waals surface area contributed by atoms with E-state index < -0.39 is 23.6 Å². The lowest BCUT2D eigenvalue weighted by molar-refractivity contribution is -0.187. The highest BCUT2D eigenvalue weighted by molar-refractivity contribution is 6.11. The Bertz CT molecular complexity index is 944. The fourth-order valence-corrected chi connectivity index (χ4v) is 4.08. The van der Waals surface area contributed by atoms with E-state index in [4.69, 9.17) is 14.2 Å². The lowest BCUT2D eigenvalue weighted by Crippen LogP contribution is -2.51. The molecule has 9 heteroatoms. The lowest BCUT2D eigenvalue weighted by atomic mass is 10.0. The summed E-state index contributed by atoms with van der Waals surface area (Å²) < 4.78 is 30.4. The molecular formula is C21H26FN3O5. The van der Waals surface area contributed by atoms with Crippen molar-refractivity contribution < 1.29 is 28.2 Å². The molecule has 2 fully saturated rings. The van der Waals surface area contributed by atoms with Crippen LogP contribution in [0.4, 0.5) is 10.1 Å². The summed E-state index contributed by atoms with van der Waals surface area (Å²) in [6.07, 6.45) is 1.38. The first-order valence-electron chi connectivity index (χ1n) is 10.2. The van der Waals surface area contributed by atoms with Gasteiger partial charge in [-0.15, -0.1) is 0 Å². The predicted molar refractivity (Wildman–Crippen MR) is 108 cm³/mol. The van der Waals surface area contributed by atoms with Gasteiger partial charge in [0.1, 0.15) is 11.5 Å². The number of aromatic nitrogens is 1. The number of likely N-dealkylation sites (tertiary alicyclic amines) is 1. The number of carbonyl (C=O) groups excluding carboxylic acids is 2. The number of nitrogens with one attached hydrogen (secondary N) is 2. The summed E-state index contributed by atoms with van der Waals surface area (Å²) in [6.45, 7) is 6.20. The van der Waals surface area contributed by atoms with Crippen LogP contribution < -0.4 is 5.32 Å². The first kappa shape index (κ1) is 20.8. The third-order valence-corrected chi connectivity index (χ3v) is 5.79. The molecule has 3 heterocycles. The van der Waals surface area contributed by atoms with Gasteiger partial charge in [0, 0.05) is 36.8 Å². The highest BCUT2D eigenvalue weighted by Crippen LogP contribution is 2.33. The third kappa shape index (κ3) is 3.92. The molecule has 1 spiro atoms. The summed E-state index contributed by atoms with van der Waals surface area (Å²) in [5.74, 6) is -1.86. The molecule has 4 rings (SSSR count). The molecule has 2 aromatic rings. The quantitative estimate of drug-likeness (QED) is 0.724. The van der Waals surface area contributed by atoms with Crippen molar-refractivity contribution in [2.75, 3.05) is 38.2 Å². The molecule has 1 unspecified atom stereocenters. The number of ether oxygens (including phenoxy) is 3. The fourth-order valence-electron chi connectivity index (χ4n) is 4.08. The second-order valence-corrected chi connectivity index (χ2v) is 7.59. The summed E-state index contributed by atoms with van der Waals surface area (Å²) in [5.41, 5.74) is 0.872. The van der Waals surface area contributed by atoms with Gasteiger partial charge in [-0.3, -0.25) is 9.69 Å². The molecular weight excluding hydrogens is 393 g/mol. The van der Waals surface area contributed by atoms with Gasteiger partial charge < -0.3 is 24.5 Å². The largest absolute Gasteiger partial charge is 0.461 e. The number of carbonyl (C=O) groups is 2. The molecule has 0 bridgehead atoms. The molecule has 0 aliphatic carbocycles. The maximum Gasteiger partial charge on any atom is 0.356 e. The van der Waals surface area contributed by atoms with Crippen molar-refractivity contribution in [2.24, 2.45) is 0 Å². The van der Waals surface area contributed by atoms with E-state index in [0.717, 1.165) is 0 Å². The molecule has 1 atom stereocenters. The topological polar surface area (TPSA) is 92.9 Å². The number of fused-ring (bicyclic) bond motifs is 1.